The Morgan fingerprint density at radius 3 is 2.16 bits per heavy atom. The highest BCUT2D eigenvalue weighted by molar-refractivity contribution is 7.89. The van der Waals surface area contributed by atoms with Crippen LogP contribution in [0.1, 0.15) is 33.3 Å². The summed E-state index contributed by atoms with van der Waals surface area (Å²) in [6.45, 7) is 11.2. The Morgan fingerprint density at radius 2 is 1.55 bits per heavy atom. The molecule has 1 atom stereocenters. The Morgan fingerprint density at radius 1 is 0.878 bits per heavy atom. The number of amides is 1. The standard InChI is InChI=1S/C36H40N4O7S2/c1-5-39(6-2)25-14-17-28-32(21-25)47-33-22-26(40(7-3)8-4)15-18-29(33)35(28)30-19-16-27(23-34(30)49(44,45)46)48(42,43)38-31(36(37)41)20-24-12-10-9-11-13-24/h9-19,21-23,31,38H,5-8,20H2,1-4H3,(H2-,37,41,44,45,46)/p+1. The molecule has 4 N–H and O–H groups in total. The summed E-state index contributed by atoms with van der Waals surface area (Å²) in [5, 5.41) is 1.47. The molecule has 2 aliphatic rings. The van der Waals surface area contributed by atoms with E-state index in [9.17, 15) is 26.2 Å². The number of primary amides is 1. The summed E-state index contributed by atoms with van der Waals surface area (Å²) in [7, 11) is -9.47. The molecule has 0 bridgehead atoms. The van der Waals surface area contributed by atoms with Crippen LogP contribution in [0.2, 0.25) is 0 Å². The highest BCUT2D eigenvalue weighted by atomic mass is 32.2. The van der Waals surface area contributed by atoms with E-state index in [2.05, 4.69) is 14.2 Å². The number of nitrogens with zero attached hydrogens (tertiary/aromatic N) is 2. The van der Waals surface area contributed by atoms with Gasteiger partial charge in [0.15, 0.2) is 0 Å². The predicted octanol–water partition coefficient (Wildman–Crippen LogP) is 4.48. The van der Waals surface area contributed by atoms with Gasteiger partial charge in [-0.2, -0.15) is 13.1 Å². The monoisotopic (exact) mass is 705 g/mol. The van der Waals surface area contributed by atoms with Gasteiger partial charge in [0.25, 0.3) is 10.1 Å². The molecule has 0 fully saturated rings. The molecule has 0 radical (unpaired) electrons. The molecule has 3 aromatic rings. The quantitative estimate of drug-likeness (QED) is 0.0918. The first kappa shape index (κ1) is 35.7. The highest BCUT2D eigenvalue weighted by Gasteiger charge is 2.29. The molecule has 0 saturated carbocycles. The van der Waals surface area contributed by atoms with Crippen LogP contribution in [0, 0.1) is 0 Å². The van der Waals surface area contributed by atoms with Crippen LogP contribution in [-0.2, 0) is 31.4 Å². The number of anilines is 1. The van der Waals surface area contributed by atoms with Gasteiger partial charge < -0.3 is 15.1 Å². The molecule has 1 aliphatic heterocycles. The van der Waals surface area contributed by atoms with Gasteiger partial charge in [0.1, 0.15) is 35.4 Å². The maximum Gasteiger partial charge on any atom is 0.295 e. The molecule has 1 heterocycles. The molecule has 13 heteroatoms. The van der Waals surface area contributed by atoms with Gasteiger partial charge in [0.05, 0.1) is 11.0 Å². The Bertz CT molecular complexity index is 2260. The van der Waals surface area contributed by atoms with Crippen LogP contribution in [-0.4, -0.2) is 59.5 Å². The van der Waals surface area contributed by atoms with Crippen LogP contribution in [0.15, 0.2) is 99.1 Å². The van der Waals surface area contributed by atoms with E-state index < -0.39 is 41.9 Å². The second-order valence-corrected chi connectivity index (χ2v) is 14.7. The second kappa shape index (κ2) is 14.5. The SMILES string of the molecule is CCN(CC)c1ccc2c(-c3ccc(S(=O)(=O)NC(Cc4ccccc4)C(N)=O)cc3S(=O)(=O)O)c3ccc(=[N+](CC)CC)cc-3oc2c1. The van der Waals surface area contributed by atoms with E-state index in [4.69, 9.17) is 10.2 Å². The molecule has 49 heavy (non-hydrogen) atoms. The largest absolute Gasteiger partial charge is 0.456 e. The third-order valence-corrected chi connectivity index (χ3v) is 11.0. The van der Waals surface area contributed by atoms with Crippen LogP contribution >= 0.6 is 0 Å². The lowest BCUT2D eigenvalue weighted by Gasteiger charge is -2.23. The van der Waals surface area contributed by atoms with Gasteiger partial charge in [-0.25, -0.2) is 13.0 Å². The number of fused-ring (bicyclic) bond motifs is 2. The second-order valence-electron chi connectivity index (χ2n) is 11.6. The fourth-order valence-electron chi connectivity index (χ4n) is 6.12. The first-order valence-corrected chi connectivity index (χ1v) is 19.0. The number of carbonyl (C=O) groups is 1. The van der Waals surface area contributed by atoms with Crippen molar-refractivity contribution in [2.75, 3.05) is 31.1 Å². The van der Waals surface area contributed by atoms with Crippen LogP contribution in [0.25, 0.3) is 33.4 Å². The summed E-state index contributed by atoms with van der Waals surface area (Å²) in [6, 6.07) is 22.2. The molecule has 1 unspecified atom stereocenters. The van der Waals surface area contributed by atoms with Gasteiger partial charge in [0, 0.05) is 53.0 Å². The Balaban J connectivity index is 1.74. The van der Waals surface area contributed by atoms with Crippen molar-refractivity contribution in [1.29, 1.82) is 0 Å². The minimum atomic E-state index is -4.98. The smallest absolute Gasteiger partial charge is 0.295 e. The van der Waals surface area contributed by atoms with Crippen LogP contribution in [0.4, 0.5) is 5.69 Å². The first-order chi connectivity index (χ1) is 23.3. The average molecular weight is 706 g/mol. The third-order valence-electron chi connectivity index (χ3n) is 8.68. The van der Waals surface area contributed by atoms with Gasteiger partial charge in [-0.1, -0.05) is 36.4 Å². The number of benzene rings is 4. The molecule has 5 rings (SSSR count). The maximum absolute atomic E-state index is 13.6. The van der Waals surface area contributed by atoms with Crippen molar-refractivity contribution in [3.63, 3.8) is 0 Å². The molecule has 0 spiro atoms. The number of nitrogens with one attached hydrogen (secondary N) is 1. The number of rotatable bonds is 13. The van der Waals surface area contributed by atoms with Crippen molar-refractivity contribution in [3.05, 3.63) is 95.8 Å². The summed E-state index contributed by atoms with van der Waals surface area (Å²) < 4.78 is 74.7. The van der Waals surface area contributed by atoms with E-state index in [1.165, 1.54) is 12.1 Å². The maximum atomic E-state index is 13.6. The fourth-order valence-corrected chi connectivity index (χ4v) is 8.15. The molecule has 0 saturated heterocycles. The Labute approximate surface area is 286 Å². The van der Waals surface area contributed by atoms with Crippen LogP contribution in [0.3, 0.4) is 0 Å². The minimum Gasteiger partial charge on any atom is -0.456 e. The number of sulfonamides is 1. The molecule has 3 aromatic carbocycles. The summed E-state index contributed by atoms with van der Waals surface area (Å²) in [6.07, 6.45) is -0.0188. The summed E-state index contributed by atoms with van der Waals surface area (Å²) >= 11 is 0. The van der Waals surface area contributed by atoms with E-state index >= 15 is 0 Å². The van der Waals surface area contributed by atoms with E-state index in [0.717, 1.165) is 43.3 Å². The van der Waals surface area contributed by atoms with Crippen molar-refractivity contribution < 1.29 is 30.6 Å². The van der Waals surface area contributed by atoms with Gasteiger partial charge >= 0.3 is 0 Å². The summed E-state index contributed by atoms with van der Waals surface area (Å²) in [5.74, 6) is -0.424. The minimum absolute atomic E-state index is 0.0188. The van der Waals surface area contributed by atoms with E-state index in [0.29, 0.717) is 33.4 Å². The summed E-state index contributed by atoms with van der Waals surface area (Å²) in [4.78, 5) is 13.3. The Hall–Kier alpha value is -4.56. The van der Waals surface area contributed by atoms with Crippen molar-refractivity contribution in [2.24, 2.45) is 5.73 Å². The van der Waals surface area contributed by atoms with Crippen molar-refractivity contribution in [2.45, 2.75) is 49.9 Å². The third kappa shape index (κ3) is 7.54. The zero-order chi connectivity index (χ0) is 35.5. The number of hydrogen-bond acceptors (Lipinski definition) is 7. The fraction of sp³-hybridized carbons (Fsp3) is 0.278. The van der Waals surface area contributed by atoms with Gasteiger partial charge in [-0.3, -0.25) is 9.35 Å². The molecule has 11 nitrogen and oxygen atoms in total. The summed E-state index contributed by atoms with van der Waals surface area (Å²) in [5.41, 5.74) is 8.70. The average Bonchev–Trinajstić information content (AvgIpc) is 3.07. The first-order valence-electron chi connectivity index (χ1n) is 16.1. The van der Waals surface area contributed by atoms with Crippen molar-refractivity contribution in [1.82, 2.24) is 9.30 Å². The molecular formula is C36H41N4O7S2+. The molecule has 258 valence electrons. The topological polar surface area (TPSA) is 163 Å². The lowest BCUT2D eigenvalue weighted by atomic mass is 9.93. The normalized spacial score (nSPS) is 12.7. The van der Waals surface area contributed by atoms with Gasteiger partial charge in [-0.05, 0) is 70.0 Å². The van der Waals surface area contributed by atoms with E-state index in [-0.39, 0.29) is 12.0 Å². The molecule has 1 aliphatic carbocycles. The number of carbonyl (C=O) groups excluding carboxylic acids is 1. The van der Waals surface area contributed by atoms with Crippen LogP contribution in [0.5, 0.6) is 0 Å². The zero-order valence-electron chi connectivity index (χ0n) is 27.9. The lowest BCUT2D eigenvalue weighted by molar-refractivity contribution is -0.119. The highest BCUT2D eigenvalue weighted by Crippen LogP contribution is 2.43. The predicted molar refractivity (Wildman–Crippen MR) is 191 cm³/mol. The number of nitrogens with two attached hydrogens (primary N) is 1. The number of hydrogen-bond donors (Lipinski definition) is 3. The Kier molecular flexibility index (Phi) is 10.6. The zero-order valence-corrected chi connectivity index (χ0v) is 29.5. The van der Waals surface area contributed by atoms with Gasteiger partial charge in [0.2, 0.25) is 21.3 Å². The van der Waals surface area contributed by atoms with E-state index in [1.807, 2.05) is 64.1 Å². The van der Waals surface area contributed by atoms with Crippen LogP contribution < -0.4 is 25.3 Å². The van der Waals surface area contributed by atoms with Gasteiger partial charge in [-0.15, -0.1) is 0 Å². The lowest BCUT2D eigenvalue weighted by Crippen LogP contribution is -2.45. The van der Waals surface area contributed by atoms with Crippen molar-refractivity contribution >= 4 is 42.7 Å². The molecule has 0 aromatic heterocycles. The van der Waals surface area contributed by atoms with Crippen molar-refractivity contribution in [3.8, 4) is 22.5 Å². The molecule has 1 amide bonds. The molecular weight excluding hydrogens is 665 g/mol. The van der Waals surface area contributed by atoms with E-state index in [1.54, 1.807) is 30.3 Å².